The summed E-state index contributed by atoms with van der Waals surface area (Å²) in [7, 11) is 0. The highest BCUT2D eigenvalue weighted by atomic mass is 35.5. The van der Waals surface area contributed by atoms with Crippen LogP contribution in [0, 0.1) is 5.82 Å². The van der Waals surface area contributed by atoms with E-state index in [1.165, 1.54) is 6.07 Å². The summed E-state index contributed by atoms with van der Waals surface area (Å²) >= 11 is 5.74. The van der Waals surface area contributed by atoms with Crippen LogP contribution in [0.4, 0.5) is 4.39 Å². The first-order valence-electron chi connectivity index (χ1n) is 6.25. The fourth-order valence-corrected chi connectivity index (χ4v) is 2.25. The van der Waals surface area contributed by atoms with Crippen LogP contribution < -0.4 is 14.8 Å². The van der Waals surface area contributed by atoms with E-state index in [1.54, 1.807) is 12.1 Å². The fourth-order valence-electron chi connectivity index (χ4n) is 2.05. The number of hydrogen-bond acceptors (Lipinski definition) is 3. The predicted molar refractivity (Wildman–Crippen MR) is 74.5 cm³/mol. The van der Waals surface area contributed by atoms with Gasteiger partial charge in [-0.3, -0.25) is 0 Å². The number of hydrogen-bond donors (Lipinski definition) is 1. The third kappa shape index (κ3) is 2.86. The molecular weight excluding hydrogens is 281 g/mol. The van der Waals surface area contributed by atoms with Gasteiger partial charge in [0.05, 0.1) is 5.02 Å². The van der Waals surface area contributed by atoms with Crippen LogP contribution in [-0.4, -0.2) is 6.79 Å². The Morgan fingerprint density at radius 3 is 2.50 bits per heavy atom. The predicted octanol–water partition coefficient (Wildman–Crippen LogP) is 3.50. The van der Waals surface area contributed by atoms with E-state index in [4.69, 9.17) is 21.1 Å². The molecule has 0 aromatic heterocycles. The molecule has 3 nitrogen and oxygen atoms in total. The molecule has 1 aliphatic heterocycles. The largest absolute Gasteiger partial charge is 0.454 e. The van der Waals surface area contributed by atoms with E-state index < -0.39 is 5.82 Å². The standard InChI is InChI=1S/C15H13ClFNO2/c16-12-5-10(1-3-13(12)17)7-18-8-11-2-4-14-15(6-11)20-9-19-14/h1-6,18H,7-9H2. The Morgan fingerprint density at radius 2 is 1.70 bits per heavy atom. The van der Waals surface area contributed by atoms with Gasteiger partial charge in [-0.25, -0.2) is 4.39 Å². The van der Waals surface area contributed by atoms with Crippen molar-refractivity contribution in [2.24, 2.45) is 0 Å². The third-order valence-electron chi connectivity index (χ3n) is 3.08. The minimum absolute atomic E-state index is 0.146. The molecule has 0 fully saturated rings. The highest BCUT2D eigenvalue weighted by molar-refractivity contribution is 6.30. The SMILES string of the molecule is Fc1ccc(CNCc2ccc3c(c2)OCO3)cc1Cl. The number of fused-ring (bicyclic) bond motifs is 1. The van der Waals surface area contributed by atoms with Crippen LogP contribution in [0.1, 0.15) is 11.1 Å². The molecule has 0 aliphatic carbocycles. The Labute approximate surface area is 121 Å². The topological polar surface area (TPSA) is 30.5 Å². The van der Waals surface area contributed by atoms with Crippen molar-refractivity contribution in [3.63, 3.8) is 0 Å². The minimum atomic E-state index is -0.397. The first kappa shape index (κ1) is 13.2. The number of halogens is 2. The second-order valence-corrected chi connectivity index (χ2v) is 4.95. The zero-order valence-electron chi connectivity index (χ0n) is 10.7. The lowest BCUT2D eigenvalue weighted by atomic mass is 10.2. The molecule has 0 unspecified atom stereocenters. The van der Waals surface area contributed by atoms with Crippen LogP contribution in [0.3, 0.4) is 0 Å². The van der Waals surface area contributed by atoms with E-state index in [2.05, 4.69) is 5.32 Å². The molecule has 0 bridgehead atoms. The van der Waals surface area contributed by atoms with Gasteiger partial charge in [0.25, 0.3) is 0 Å². The second-order valence-electron chi connectivity index (χ2n) is 4.54. The van der Waals surface area contributed by atoms with Crippen LogP contribution in [-0.2, 0) is 13.1 Å². The molecule has 20 heavy (non-hydrogen) atoms. The summed E-state index contributed by atoms with van der Waals surface area (Å²) in [6.45, 7) is 1.58. The van der Waals surface area contributed by atoms with Crippen molar-refractivity contribution in [2.75, 3.05) is 6.79 Å². The van der Waals surface area contributed by atoms with Gasteiger partial charge in [-0.15, -0.1) is 0 Å². The van der Waals surface area contributed by atoms with Crippen LogP contribution in [0.15, 0.2) is 36.4 Å². The molecule has 0 radical (unpaired) electrons. The Bertz CT molecular complexity index is 633. The van der Waals surface area contributed by atoms with E-state index in [9.17, 15) is 4.39 Å². The normalized spacial score (nSPS) is 12.7. The third-order valence-corrected chi connectivity index (χ3v) is 3.37. The molecule has 0 saturated heterocycles. The summed E-state index contributed by atoms with van der Waals surface area (Å²) in [5, 5.41) is 3.42. The molecule has 0 amide bonds. The monoisotopic (exact) mass is 293 g/mol. The van der Waals surface area contributed by atoms with Crippen molar-refractivity contribution in [3.05, 3.63) is 58.4 Å². The van der Waals surface area contributed by atoms with Gasteiger partial charge in [-0.05, 0) is 35.4 Å². The average molecular weight is 294 g/mol. The molecule has 0 saturated carbocycles. The van der Waals surface area contributed by atoms with Crippen LogP contribution in [0.2, 0.25) is 5.02 Å². The summed E-state index contributed by atoms with van der Waals surface area (Å²) in [6, 6.07) is 10.6. The second kappa shape index (κ2) is 5.69. The van der Waals surface area contributed by atoms with Gasteiger partial charge in [-0.1, -0.05) is 23.7 Å². The Balaban J connectivity index is 1.58. The van der Waals surface area contributed by atoms with E-state index in [1.807, 2.05) is 18.2 Å². The lowest BCUT2D eigenvalue weighted by Gasteiger charge is -2.07. The quantitative estimate of drug-likeness (QED) is 0.936. The first-order valence-corrected chi connectivity index (χ1v) is 6.63. The van der Waals surface area contributed by atoms with Crippen molar-refractivity contribution >= 4 is 11.6 Å². The summed E-state index contributed by atoms with van der Waals surface area (Å²) in [5.74, 6) is 1.15. The van der Waals surface area contributed by atoms with Crippen LogP contribution in [0.25, 0.3) is 0 Å². The molecule has 1 aliphatic rings. The number of ether oxygens (including phenoxy) is 2. The Kier molecular flexibility index (Phi) is 3.76. The summed E-state index contributed by atoms with van der Waals surface area (Å²) in [5.41, 5.74) is 2.04. The summed E-state index contributed by atoms with van der Waals surface area (Å²) in [6.07, 6.45) is 0. The Hall–Kier alpha value is -1.78. The number of benzene rings is 2. The minimum Gasteiger partial charge on any atom is -0.454 e. The molecule has 1 heterocycles. The molecule has 0 spiro atoms. The van der Waals surface area contributed by atoms with E-state index in [0.717, 1.165) is 22.6 Å². The molecule has 5 heteroatoms. The van der Waals surface area contributed by atoms with Crippen LogP contribution >= 0.6 is 11.6 Å². The van der Waals surface area contributed by atoms with Gasteiger partial charge >= 0.3 is 0 Å². The van der Waals surface area contributed by atoms with Crippen LogP contribution in [0.5, 0.6) is 11.5 Å². The van der Waals surface area contributed by atoms with Crippen molar-refractivity contribution in [1.29, 1.82) is 0 Å². The zero-order chi connectivity index (χ0) is 13.9. The van der Waals surface area contributed by atoms with Gasteiger partial charge in [-0.2, -0.15) is 0 Å². The lowest BCUT2D eigenvalue weighted by molar-refractivity contribution is 0.174. The van der Waals surface area contributed by atoms with Gasteiger partial charge in [0.1, 0.15) is 5.82 Å². The number of rotatable bonds is 4. The lowest BCUT2D eigenvalue weighted by Crippen LogP contribution is -2.12. The molecule has 2 aromatic carbocycles. The van der Waals surface area contributed by atoms with Crippen molar-refractivity contribution in [3.8, 4) is 11.5 Å². The molecule has 3 rings (SSSR count). The molecule has 104 valence electrons. The maximum atomic E-state index is 13.0. The van der Waals surface area contributed by atoms with Crippen molar-refractivity contribution < 1.29 is 13.9 Å². The average Bonchev–Trinajstić information content (AvgIpc) is 2.90. The maximum absolute atomic E-state index is 13.0. The molecule has 2 aromatic rings. The maximum Gasteiger partial charge on any atom is 0.231 e. The molecule has 0 atom stereocenters. The fraction of sp³-hybridized carbons (Fsp3) is 0.200. The van der Waals surface area contributed by atoms with Gasteiger partial charge in [0.2, 0.25) is 6.79 Å². The zero-order valence-corrected chi connectivity index (χ0v) is 11.4. The van der Waals surface area contributed by atoms with Gasteiger partial charge in [0, 0.05) is 13.1 Å². The smallest absolute Gasteiger partial charge is 0.231 e. The molecular formula is C15H13ClFNO2. The summed E-state index contributed by atoms with van der Waals surface area (Å²) in [4.78, 5) is 0. The highest BCUT2D eigenvalue weighted by Crippen LogP contribution is 2.32. The van der Waals surface area contributed by atoms with Gasteiger partial charge in [0.15, 0.2) is 11.5 Å². The van der Waals surface area contributed by atoms with E-state index >= 15 is 0 Å². The first-order chi connectivity index (χ1) is 9.72. The van der Waals surface area contributed by atoms with E-state index in [0.29, 0.717) is 13.1 Å². The summed E-state index contributed by atoms with van der Waals surface area (Å²) < 4.78 is 23.6. The highest BCUT2D eigenvalue weighted by Gasteiger charge is 2.12. The van der Waals surface area contributed by atoms with Crippen molar-refractivity contribution in [2.45, 2.75) is 13.1 Å². The Morgan fingerprint density at radius 1 is 1.00 bits per heavy atom. The molecule has 1 N–H and O–H groups in total. The van der Waals surface area contributed by atoms with E-state index in [-0.39, 0.29) is 11.8 Å². The van der Waals surface area contributed by atoms with Gasteiger partial charge < -0.3 is 14.8 Å². The number of nitrogens with one attached hydrogen (secondary N) is 1. The van der Waals surface area contributed by atoms with Crippen molar-refractivity contribution in [1.82, 2.24) is 5.32 Å².